The van der Waals surface area contributed by atoms with Gasteiger partial charge in [0.15, 0.2) is 12.1 Å². The Kier molecular flexibility index (Phi) is 11.6. The van der Waals surface area contributed by atoms with Crippen molar-refractivity contribution in [2.75, 3.05) is 5.75 Å². The molecule has 8 nitrogen and oxygen atoms in total. The molecule has 2 heterocycles. The lowest BCUT2D eigenvalue weighted by atomic mass is 9.99. The van der Waals surface area contributed by atoms with Crippen LogP contribution in [0.15, 0.2) is 178 Å². The maximum Gasteiger partial charge on any atom is 0.256 e. The second-order valence-electron chi connectivity index (χ2n) is 13.5. The largest absolute Gasteiger partial charge is 0.431 e. The van der Waals surface area contributed by atoms with E-state index >= 15 is 0 Å². The standard InChI is InChI=1S/C46H40N2O6S2/c49-30-32-19-21-35(22-20-32)42-28-40(31-55-46-48-43(36-12-4-1-5-13-36)44(54-46)37-14-6-2-7-15-37)52-45(53-42)38-25-23-34(24-26-38)39-16-10-11-33(27-39)29-47-56(50,51)41-17-8-3-9-18-41/h1-27,40,42,45,47,49H,28-31H2/t40-,42+,45+/m0/s1. The number of hydrogen-bond donors (Lipinski definition) is 2. The SMILES string of the molecule is O=S(=O)(NCc1cccc(-c2ccc([C@@H]3O[C@H](CSc4nc(-c5ccccc5)c(-c5ccccc5)o4)C[C@H](c4ccc(CO)cc4)O3)cc2)c1)c1ccccc1. The van der Waals surface area contributed by atoms with Gasteiger partial charge in [0.2, 0.25) is 10.0 Å². The van der Waals surface area contributed by atoms with Crippen LogP contribution in [0.1, 0.15) is 41.1 Å². The summed E-state index contributed by atoms with van der Waals surface area (Å²) in [4.78, 5) is 5.18. The van der Waals surface area contributed by atoms with Crippen LogP contribution in [0.5, 0.6) is 0 Å². The number of ether oxygens (including phenoxy) is 2. The van der Waals surface area contributed by atoms with E-state index in [1.54, 1.807) is 30.3 Å². The number of thioether (sulfide) groups is 1. The molecular weight excluding hydrogens is 741 g/mol. The number of benzene rings is 6. The summed E-state index contributed by atoms with van der Waals surface area (Å²) in [7, 11) is -3.63. The Morgan fingerprint density at radius 3 is 2.00 bits per heavy atom. The number of oxazole rings is 1. The first-order valence-electron chi connectivity index (χ1n) is 18.4. The molecule has 0 amide bonds. The molecule has 0 bridgehead atoms. The van der Waals surface area contributed by atoms with Crippen molar-refractivity contribution in [3.05, 3.63) is 186 Å². The molecule has 2 N–H and O–H groups in total. The van der Waals surface area contributed by atoms with Gasteiger partial charge < -0.3 is 19.0 Å². The van der Waals surface area contributed by atoms with Gasteiger partial charge in [-0.25, -0.2) is 18.1 Å². The topological polar surface area (TPSA) is 111 Å². The summed E-state index contributed by atoms with van der Waals surface area (Å²) in [6, 6.07) is 52.2. The third-order valence-electron chi connectivity index (χ3n) is 9.66. The molecular formula is C46H40N2O6S2. The minimum Gasteiger partial charge on any atom is -0.431 e. The van der Waals surface area contributed by atoms with E-state index in [1.807, 2.05) is 133 Å². The molecule has 1 aromatic heterocycles. The van der Waals surface area contributed by atoms with Gasteiger partial charge in [-0.1, -0.05) is 157 Å². The van der Waals surface area contributed by atoms with Crippen LogP contribution in [0.4, 0.5) is 0 Å². The van der Waals surface area contributed by atoms with Gasteiger partial charge >= 0.3 is 0 Å². The molecule has 1 aliphatic heterocycles. The van der Waals surface area contributed by atoms with E-state index in [-0.39, 0.29) is 30.3 Å². The molecule has 1 fully saturated rings. The van der Waals surface area contributed by atoms with Crippen molar-refractivity contribution in [3.8, 4) is 33.7 Å². The predicted molar refractivity (Wildman–Crippen MR) is 219 cm³/mol. The van der Waals surface area contributed by atoms with Crippen LogP contribution in [0.3, 0.4) is 0 Å². The first-order valence-corrected chi connectivity index (χ1v) is 20.9. The van der Waals surface area contributed by atoms with Gasteiger partial charge in [0, 0.05) is 35.4 Å². The minimum atomic E-state index is -3.63. The lowest BCUT2D eigenvalue weighted by Crippen LogP contribution is -2.31. The van der Waals surface area contributed by atoms with E-state index < -0.39 is 16.3 Å². The second kappa shape index (κ2) is 17.2. The summed E-state index contributed by atoms with van der Waals surface area (Å²) >= 11 is 1.52. The predicted octanol–water partition coefficient (Wildman–Crippen LogP) is 9.98. The van der Waals surface area contributed by atoms with Crippen molar-refractivity contribution >= 4 is 21.8 Å². The highest BCUT2D eigenvalue weighted by Crippen LogP contribution is 2.41. The van der Waals surface area contributed by atoms with Crippen LogP contribution < -0.4 is 4.72 Å². The summed E-state index contributed by atoms with van der Waals surface area (Å²) in [5.41, 5.74) is 8.25. The Labute approximate surface area is 331 Å². The summed E-state index contributed by atoms with van der Waals surface area (Å²) in [6.45, 7) is 0.142. The van der Waals surface area contributed by atoms with E-state index in [0.717, 1.165) is 56.0 Å². The molecule has 0 spiro atoms. The quantitative estimate of drug-likeness (QED) is 0.111. The summed E-state index contributed by atoms with van der Waals surface area (Å²) in [6.07, 6.45) is -0.440. The molecule has 10 heteroatoms. The van der Waals surface area contributed by atoms with Gasteiger partial charge in [-0.2, -0.15) is 0 Å². The van der Waals surface area contributed by atoms with E-state index in [4.69, 9.17) is 18.9 Å². The Balaban J connectivity index is 1.00. The number of nitrogens with one attached hydrogen (secondary N) is 1. The second-order valence-corrected chi connectivity index (χ2v) is 16.2. The lowest BCUT2D eigenvalue weighted by Gasteiger charge is -2.36. The molecule has 0 radical (unpaired) electrons. The molecule has 0 unspecified atom stereocenters. The van der Waals surface area contributed by atoms with Crippen LogP contribution in [-0.2, 0) is 32.6 Å². The summed E-state index contributed by atoms with van der Waals surface area (Å²) < 4.78 is 48.0. The third kappa shape index (κ3) is 8.87. The summed E-state index contributed by atoms with van der Waals surface area (Å²) in [5.74, 6) is 1.32. The maximum absolute atomic E-state index is 12.8. The molecule has 8 rings (SSSR count). The van der Waals surface area contributed by atoms with Crippen LogP contribution in [0, 0.1) is 0 Å². The Hall–Kier alpha value is -5.33. The Morgan fingerprint density at radius 2 is 1.30 bits per heavy atom. The Bertz CT molecular complexity index is 2400. The fourth-order valence-electron chi connectivity index (χ4n) is 6.68. The van der Waals surface area contributed by atoms with Crippen LogP contribution in [0.25, 0.3) is 33.7 Å². The van der Waals surface area contributed by atoms with Crippen LogP contribution >= 0.6 is 11.8 Å². The first-order chi connectivity index (χ1) is 27.4. The third-order valence-corrected chi connectivity index (χ3v) is 12.0. The fourth-order valence-corrected chi connectivity index (χ4v) is 8.56. The molecule has 1 aliphatic rings. The molecule has 7 aromatic rings. The molecule has 0 saturated carbocycles. The molecule has 282 valence electrons. The van der Waals surface area contributed by atoms with Gasteiger partial charge in [0.05, 0.1) is 23.7 Å². The number of hydrogen-bond acceptors (Lipinski definition) is 8. The van der Waals surface area contributed by atoms with Gasteiger partial charge in [-0.3, -0.25) is 0 Å². The van der Waals surface area contributed by atoms with Gasteiger partial charge in [0.1, 0.15) is 5.69 Å². The highest BCUT2D eigenvalue weighted by atomic mass is 32.2. The van der Waals surface area contributed by atoms with Crippen molar-refractivity contribution in [2.24, 2.45) is 0 Å². The van der Waals surface area contributed by atoms with Crippen molar-refractivity contribution in [1.29, 1.82) is 0 Å². The van der Waals surface area contributed by atoms with Crippen LogP contribution in [0.2, 0.25) is 0 Å². The molecule has 1 saturated heterocycles. The van der Waals surface area contributed by atoms with Crippen LogP contribution in [-0.4, -0.2) is 30.4 Å². The molecule has 56 heavy (non-hydrogen) atoms. The summed E-state index contributed by atoms with van der Waals surface area (Å²) in [5, 5.41) is 10.2. The fraction of sp³-hybridized carbons (Fsp3) is 0.152. The number of nitrogens with zero attached hydrogens (tertiary/aromatic N) is 1. The first kappa shape index (κ1) is 37.6. The van der Waals surface area contributed by atoms with E-state index in [1.165, 1.54) is 11.8 Å². The van der Waals surface area contributed by atoms with Gasteiger partial charge in [0.25, 0.3) is 5.22 Å². The zero-order chi connectivity index (χ0) is 38.3. The smallest absolute Gasteiger partial charge is 0.256 e. The lowest BCUT2D eigenvalue weighted by molar-refractivity contribution is -0.245. The van der Waals surface area contributed by atoms with Crippen molar-refractivity contribution in [3.63, 3.8) is 0 Å². The number of sulfonamides is 1. The highest BCUT2D eigenvalue weighted by molar-refractivity contribution is 7.99. The highest BCUT2D eigenvalue weighted by Gasteiger charge is 2.33. The number of rotatable bonds is 13. The molecule has 6 aromatic carbocycles. The normalized spacial score (nSPS) is 17.1. The zero-order valence-corrected chi connectivity index (χ0v) is 32.0. The average molecular weight is 781 g/mol. The molecule has 3 atom stereocenters. The van der Waals surface area contributed by atoms with Gasteiger partial charge in [-0.05, 0) is 46.0 Å². The monoisotopic (exact) mass is 780 g/mol. The minimum absolute atomic E-state index is 0.0263. The maximum atomic E-state index is 12.8. The van der Waals surface area contributed by atoms with Crippen molar-refractivity contribution in [2.45, 2.75) is 48.2 Å². The average Bonchev–Trinajstić information content (AvgIpc) is 3.70. The zero-order valence-electron chi connectivity index (χ0n) is 30.4. The number of aliphatic hydroxyl groups is 1. The number of aliphatic hydroxyl groups excluding tert-OH is 1. The van der Waals surface area contributed by atoms with Crippen molar-refractivity contribution < 1.29 is 27.4 Å². The Morgan fingerprint density at radius 1 is 0.661 bits per heavy atom. The van der Waals surface area contributed by atoms with Gasteiger partial charge in [-0.15, -0.1) is 0 Å². The molecule has 0 aliphatic carbocycles. The van der Waals surface area contributed by atoms with Crippen molar-refractivity contribution in [1.82, 2.24) is 9.71 Å². The van der Waals surface area contributed by atoms with E-state index in [0.29, 0.717) is 17.4 Å². The number of aromatic nitrogens is 1. The van der Waals surface area contributed by atoms with E-state index in [2.05, 4.69) is 4.72 Å². The van der Waals surface area contributed by atoms with E-state index in [9.17, 15) is 13.5 Å².